The summed E-state index contributed by atoms with van der Waals surface area (Å²) in [5.74, 6) is 0. The smallest absolute Gasteiger partial charge is 0.321 e. The Morgan fingerprint density at radius 2 is 2.00 bits per heavy atom. The van der Waals surface area contributed by atoms with Gasteiger partial charge in [0.1, 0.15) is 23.9 Å². The van der Waals surface area contributed by atoms with Crippen LogP contribution in [-0.2, 0) is 6.54 Å². The van der Waals surface area contributed by atoms with Gasteiger partial charge in [0.25, 0.3) is 0 Å². The molecule has 0 saturated heterocycles. The summed E-state index contributed by atoms with van der Waals surface area (Å²) in [5.41, 5.74) is 1.65. The van der Waals surface area contributed by atoms with Crippen LogP contribution in [0.5, 0.6) is 0 Å². The van der Waals surface area contributed by atoms with E-state index in [1.165, 1.54) is 4.90 Å². The lowest BCUT2D eigenvalue weighted by Gasteiger charge is -2.28. The lowest BCUT2D eigenvalue weighted by atomic mass is 10.1. The fourth-order valence-corrected chi connectivity index (χ4v) is 2.00. The zero-order chi connectivity index (χ0) is 15.4. The van der Waals surface area contributed by atoms with Crippen molar-refractivity contribution in [2.24, 2.45) is 0 Å². The molecule has 0 saturated carbocycles. The highest BCUT2D eigenvalue weighted by molar-refractivity contribution is 5.95. The Kier molecular flexibility index (Phi) is 3.74. The van der Waals surface area contributed by atoms with Gasteiger partial charge < -0.3 is 10.6 Å². The van der Waals surface area contributed by atoms with E-state index in [1.807, 2.05) is 0 Å². The maximum absolute atomic E-state index is 11.6. The van der Waals surface area contributed by atoms with E-state index in [2.05, 4.69) is 10.6 Å². The molecule has 1 aromatic rings. The molecule has 1 aromatic carbocycles. The Hall–Kier alpha value is -3.50. The number of carbonyl (C=O) groups is 1. The standard InChI is InChI=1S/C14H10N6O/c1-20-13-4-2-3-11(10(13)8-18-14(20)21)19-12(7-17)9(5-15)6-16/h2-4,19H,8H2,1H3,(H,18,21). The molecule has 2 rings (SSSR count). The average molecular weight is 278 g/mol. The van der Waals surface area contributed by atoms with Crippen LogP contribution in [0.2, 0.25) is 0 Å². The monoisotopic (exact) mass is 278 g/mol. The molecule has 7 heteroatoms. The van der Waals surface area contributed by atoms with Crippen LogP contribution in [0.4, 0.5) is 16.2 Å². The van der Waals surface area contributed by atoms with Gasteiger partial charge in [-0.25, -0.2) is 4.79 Å². The molecule has 2 N–H and O–H groups in total. The molecule has 0 fully saturated rings. The minimum Gasteiger partial charge on any atom is -0.345 e. The minimum absolute atomic E-state index is 0.118. The molecule has 2 amide bonds. The van der Waals surface area contributed by atoms with Crippen molar-refractivity contribution in [2.45, 2.75) is 6.54 Å². The molecule has 0 spiro atoms. The van der Waals surface area contributed by atoms with Crippen LogP contribution in [-0.4, -0.2) is 13.1 Å². The van der Waals surface area contributed by atoms with Crippen LogP contribution in [0.15, 0.2) is 29.5 Å². The number of amides is 2. The van der Waals surface area contributed by atoms with E-state index in [4.69, 9.17) is 15.8 Å². The molecule has 0 bridgehead atoms. The second-order valence-corrected chi connectivity index (χ2v) is 4.23. The van der Waals surface area contributed by atoms with Gasteiger partial charge >= 0.3 is 6.03 Å². The summed E-state index contributed by atoms with van der Waals surface area (Å²) in [5, 5.41) is 32.2. The second kappa shape index (κ2) is 5.64. The molecule has 0 unspecified atom stereocenters. The Bertz CT molecular complexity index is 743. The number of fused-ring (bicyclic) bond motifs is 1. The number of hydrogen-bond acceptors (Lipinski definition) is 5. The normalized spacial score (nSPS) is 12.1. The van der Waals surface area contributed by atoms with Gasteiger partial charge in [-0.1, -0.05) is 6.07 Å². The molecule has 7 nitrogen and oxygen atoms in total. The maximum atomic E-state index is 11.6. The first-order chi connectivity index (χ1) is 10.1. The van der Waals surface area contributed by atoms with Gasteiger partial charge in [-0.15, -0.1) is 0 Å². The number of allylic oxidation sites excluding steroid dienone is 2. The Balaban J connectivity index is 2.47. The van der Waals surface area contributed by atoms with E-state index in [0.717, 1.165) is 5.56 Å². The molecule has 1 heterocycles. The summed E-state index contributed by atoms with van der Waals surface area (Å²) >= 11 is 0. The Morgan fingerprint density at radius 1 is 1.29 bits per heavy atom. The molecular formula is C14H10N6O. The first-order valence-electron chi connectivity index (χ1n) is 5.97. The number of nitrogens with one attached hydrogen (secondary N) is 2. The number of nitrogens with zero attached hydrogens (tertiary/aromatic N) is 4. The van der Waals surface area contributed by atoms with Gasteiger partial charge in [0, 0.05) is 24.8 Å². The van der Waals surface area contributed by atoms with Gasteiger partial charge in [-0.3, -0.25) is 4.90 Å². The van der Waals surface area contributed by atoms with E-state index in [1.54, 1.807) is 43.5 Å². The Labute approximate surface area is 121 Å². The number of anilines is 2. The summed E-state index contributed by atoms with van der Waals surface area (Å²) in [7, 11) is 1.63. The van der Waals surface area contributed by atoms with Crippen molar-refractivity contribution in [1.82, 2.24) is 5.32 Å². The summed E-state index contributed by atoms with van der Waals surface area (Å²) in [6, 6.07) is 10.2. The van der Waals surface area contributed by atoms with Crippen molar-refractivity contribution in [2.75, 3.05) is 17.3 Å². The third-order valence-electron chi connectivity index (χ3n) is 3.08. The first-order valence-corrected chi connectivity index (χ1v) is 5.97. The van der Waals surface area contributed by atoms with E-state index < -0.39 is 0 Å². The average Bonchev–Trinajstić information content (AvgIpc) is 2.51. The lowest BCUT2D eigenvalue weighted by molar-refractivity contribution is 0.246. The largest absolute Gasteiger partial charge is 0.345 e. The van der Waals surface area contributed by atoms with Gasteiger partial charge in [0.05, 0.1) is 5.69 Å². The fourth-order valence-electron chi connectivity index (χ4n) is 2.00. The predicted molar refractivity (Wildman–Crippen MR) is 74.6 cm³/mol. The number of urea groups is 1. The highest BCUT2D eigenvalue weighted by Crippen LogP contribution is 2.30. The van der Waals surface area contributed by atoms with E-state index >= 15 is 0 Å². The van der Waals surface area contributed by atoms with Crippen LogP contribution in [0.1, 0.15) is 5.56 Å². The van der Waals surface area contributed by atoms with E-state index in [9.17, 15) is 4.79 Å². The summed E-state index contributed by atoms with van der Waals surface area (Å²) in [6.45, 7) is 0.300. The van der Waals surface area contributed by atoms with Crippen LogP contribution in [0, 0.1) is 34.0 Å². The molecule has 0 aliphatic carbocycles. The predicted octanol–water partition coefficient (Wildman–Crippen LogP) is 1.58. The minimum atomic E-state index is -0.289. The molecular weight excluding hydrogens is 268 g/mol. The Morgan fingerprint density at radius 3 is 2.62 bits per heavy atom. The molecule has 1 aliphatic rings. The third-order valence-corrected chi connectivity index (χ3v) is 3.08. The van der Waals surface area contributed by atoms with Crippen molar-refractivity contribution in [3.05, 3.63) is 35.0 Å². The van der Waals surface area contributed by atoms with Crippen molar-refractivity contribution < 1.29 is 4.79 Å². The van der Waals surface area contributed by atoms with Crippen LogP contribution in [0.3, 0.4) is 0 Å². The molecule has 0 atom stereocenters. The van der Waals surface area contributed by atoms with Crippen molar-refractivity contribution in [3.8, 4) is 18.2 Å². The maximum Gasteiger partial charge on any atom is 0.321 e. The van der Waals surface area contributed by atoms with Gasteiger partial charge in [0.15, 0.2) is 5.57 Å². The van der Waals surface area contributed by atoms with E-state index in [0.29, 0.717) is 17.9 Å². The highest BCUT2D eigenvalue weighted by atomic mass is 16.2. The van der Waals surface area contributed by atoms with Crippen molar-refractivity contribution in [1.29, 1.82) is 15.8 Å². The van der Waals surface area contributed by atoms with Crippen LogP contribution >= 0.6 is 0 Å². The topological polar surface area (TPSA) is 116 Å². The van der Waals surface area contributed by atoms with Crippen LogP contribution in [0.25, 0.3) is 0 Å². The quantitative estimate of drug-likeness (QED) is 0.797. The highest BCUT2D eigenvalue weighted by Gasteiger charge is 2.22. The van der Waals surface area contributed by atoms with Gasteiger partial charge in [0.2, 0.25) is 0 Å². The zero-order valence-electron chi connectivity index (χ0n) is 11.1. The van der Waals surface area contributed by atoms with Gasteiger partial charge in [-0.05, 0) is 12.1 Å². The molecule has 0 radical (unpaired) electrons. The number of benzene rings is 1. The summed E-state index contributed by atoms with van der Waals surface area (Å²) < 4.78 is 0. The lowest BCUT2D eigenvalue weighted by Crippen LogP contribution is -2.41. The first kappa shape index (κ1) is 13.9. The fraction of sp³-hybridized carbons (Fsp3) is 0.143. The molecule has 1 aliphatic heterocycles. The van der Waals surface area contributed by atoms with Crippen molar-refractivity contribution in [3.63, 3.8) is 0 Å². The summed E-state index contributed by atoms with van der Waals surface area (Å²) in [4.78, 5) is 13.0. The number of rotatable bonds is 2. The second-order valence-electron chi connectivity index (χ2n) is 4.23. The summed E-state index contributed by atoms with van der Waals surface area (Å²) in [6.07, 6.45) is 0. The number of carbonyl (C=O) groups excluding carboxylic acids is 1. The molecule has 0 aromatic heterocycles. The van der Waals surface area contributed by atoms with Crippen LogP contribution < -0.4 is 15.5 Å². The van der Waals surface area contributed by atoms with Gasteiger partial charge in [-0.2, -0.15) is 15.8 Å². The molecule has 102 valence electrons. The molecule has 21 heavy (non-hydrogen) atoms. The third kappa shape index (κ3) is 2.47. The SMILES string of the molecule is CN1C(=O)NCc2c(NC(C#N)=C(C#N)C#N)cccc21. The number of hydrogen-bond donors (Lipinski definition) is 2. The van der Waals surface area contributed by atoms with E-state index in [-0.39, 0.29) is 17.3 Å². The zero-order valence-corrected chi connectivity index (χ0v) is 11.1. The number of nitriles is 3. The van der Waals surface area contributed by atoms with Crippen molar-refractivity contribution >= 4 is 17.4 Å².